The summed E-state index contributed by atoms with van der Waals surface area (Å²) in [6, 6.07) is 0. The molecule has 0 aromatic rings. The van der Waals surface area contributed by atoms with E-state index in [1.54, 1.807) is 0 Å². The first kappa shape index (κ1) is 11.1. The van der Waals surface area contributed by atoms with Gasteiger partial charge < -0.3 is 9.79 Å². The van der Waals surface area contributed by atoms with Crippen molar-refractivity contribution in [3.63, 3.8) is 0 Å². The van der Waals surface area contributed by atoms with E-state index < -0.39 is 7.82 Å². The molecular weight excluding hydrogens is 167 g/mol. The molecule has 68 valence electrons. The van der Waals surface area contributed by atoms with Gasteiger partial charge >= 0.3 is 7.82 Å². The van der Waals surface area contributed by atoms with Gasteiger partial charge in [-0.15, -0.1) is 0 Å². The van der Waals surface area contributed by atoms with Crippen LogP contribution < -0.4 is 0 Å². The second kappa shape index (κ2) is 4.88. The smallest absolute Gasteiger partial charge is 0.303 e. The maximum atomic E-state index is 10.2. The molecule has 0 aliphatic carbocycles. The van der Waals surface area contributed by atoms with Gasteiger partial charge in [-0.3, -0.25) is 4.52 Å². The SMILES string of the molecule is CCCC(C)COP(=O)(O)O. The molecule has 11 heavy (non-hydrogen) atoms. The fourth-order valence-corrected chi connectivity index (χ4v) is 1.25. The molecule has 1 atom stereocenters. The molecule has 0 saturated carbocycles. The molecule has 0 saturated heterocycles. The van der Waals surface area contributed by atoms with Crippen LogP contribution in [0.15, 0.2) is 0 Å². The van der Waals surface area contributed by atoms with Crippen LogP contribution in [0.1, 0.15) is 26.7 Å². The molecule has 0 aromatic carbocycles. The van der Waals surface area contributed by atoms with Gasteiger partial charge in [-0.05, 0) is 12.3 Å². The lowest BCUT2D eigenvalue weighted by atomic mass is 10.1. The Morgan fingerprint density at radius 2 is 2.09 bits per heavy atom. The zero-order valence-electron chi connectivity index (χ0n) is 6.86. The van der Waals surface area contributed by atoms with E-state index in [-0.39, 0.29) is 12.5 Å². The number of hydrogen-bond donors (Lipinski definition) is 2. The minimum Gasteiger partial charge on any atom is -0.303 e. The molecule has 0 fully saturated rings. The molecule has 0 bridgehead atoms. The molecule has 2 N–H and O–H groups in total. The van der Waals surface area contributed by atoms with Gasteiger partial charge in [0.1, 0.15) is 0 Å². The van der Waals surface area contributed by atoms with E-state index in [1.807, 2.05) is 13.8 Å². The average molecular weight is 182 g/mol. The second-order valence-corrected chi connectivity index (χ2v) is 3.92. The molecule has 0 radical (unpaired) electrons. The van der Waals surface area contributed by atoms with Crippen molar-refractivity contribution < 1.29 is 18.9 Å². The summed E-state index contributed by atoms with van der Waals surface area (Å²) in [7, 11) is -4.24. The summed E-state index contributed by atoms with van der Waals surface area (Å²) < 4.78 is 14.5. The predicted octanol–water partition coefficient (Wildman–Crippen LogP) is 1.53. The van der Waals surface area contributed by atoms with Gasteiger partial charge in [0.25, 0.3) is 0 Å². The Morgan fingerprint density at radius 3 is 2.45 bits per heavy atom. The maximum Gasteiger partial charge on any atom is 0.469 e. The van der Waals surface area contributed by atoms with Gasteiger partial charge in [0.2, 0.25) is 0 Å². The highest BCUT2D eigenvalue weighted by molar-refractivity contribution is 7.46. The molecule has 1 unspecified atom stereocenters. The first-order chi connectivity index (χ1) is 4.95. The van der Waals surface area contributed by atoms with E-state index >= 15 is 0 Å². The number of rotatable bonds is 5. The fourth-order valence-electron chi connectivity index (χ4n) is 0.800. The normalized spacial score (nSPS) is 14.9. The Bertz CT molecular complexity index is 142. The topological polar surface area (TPSA) is 66.8 Å². The zero-order valence-corrected chi connectivity index (χ0v) is 7.75. The van der Waals surface area contributed by atoms with Crippen molar-refractivity contribution in [1.82, 2.24) is 0 Å². The van der Waals surface area contributed by atoms with Gasteiger partial charge in [-0.1, -0.05) is 20.3 Å². The summed E-state index contributed by atoms with van der Waals surface area (Å²) in [6.45, 7) is 4.06. The van der Waals surface area contributed by atoms with Crippen LogP contribution in [0.25, 0.3) is 0 Å². The monoisotopic (exact) mass is 182 g/mol. The highest BCUT2D eigenvalue weighted by atomic mass is 31.2. The van der Waals surface area contributed by atoms with E-state index in [0.717, 1.165) is 12.8 Å². The van der Waals surface area contributed by atoms with Crippen LogP contribution in [0.4, 0.5) is 0 Å². The molecule has 0 aromatic heterocycles. The Balaban J connectivity index is 3.46. The van der Waals surface area contributed by atoms with Crippen molar-refractivity contribution in [3.8, 4) is 0 Å². The molecule has 0 aliphatic heterocycles. The van der Waals surface area contributed by atoms with E-state index in [0.29, 0.717) is 0 Å². The van der Waals surface area contributed by atoms with Crippen LogP contribution in [-0.2, 0) is 9.09 Å². The highest BCUT2D eigenvalue weighted by Crippen LogP contribution is 2.36. The average Bonchev–Trinajstić information content (AvgIpc) is 1.83. The van der Waals surface area contributed by atoms with Gasteiger partial charge in [0.15, 0.2) is 0 Å². The summed E-state index contributed by atoms with van der Waals surface area (Å²) in [4.78, 5) is 16.6. The molecule has 0 rings (SSSR count). The van der Waals surface area contributed by atoms with Crippen molar-refractivity contribution in [2.45, 2.75) is 26.7 Å². The van der Waals surface area contributed by atoms with Crippen molar-refractivity contribution >= 4 is 7.82 Å². The quantitative estimate of drug-likeness (QED) is 0.633. The summed E-state index contributed by atoms with van der Waals surface area (Å²) in [5.41, 5.74) is 0. The Hall–Kier alpha value is 0.110. The molecule has 0 heterocycles. The van der Waals surface area contributed by atoms with Crippen molar-refractivity contribution in [1.29, 1.82) is 0 Å². The predicted molar refractivity (Wildman–Crippen MR) is 42.1 cm³/mol. The number of hydrogen-bond acceptors (Lipinski definition) is 2. The molecule has 0 amide bonds. The number of phosphoric acid groups is 1. The molecule has 4 nitrogen and oxygen atoms in total. The fraction of sp³-hybridized carbons (Fsp3) is 1.00. The van der Waals surface area contributed by atoms with Crippen molar-refractivity contribution in [2.24, 2.45) is 5.92 Å². The minimum absolute atomic E-state index is 0.137. The van der Waals surface area contributed by atoms with Crippen LogP contribution in [0.5, 0.6) is 0 Å². The van der Waals surface area contributed by atoms with Gasteiger partial charge in [0.05, 0.1) is 6.61 Å². The summed E-state index contributed by atoms with van der Waals surface area (Å²) in [5.74, 6) is 0.215. The van der Waals surface area contributed by atoms with Crippen LogP contribution in [0.2, 0.25) is 0 Å². The summed E-state index contributed by atoms with van der Waals surface area (Å²) >= 11 is 0. The van der Waals surface area contributed by atoms with E-state index in [4.69, 9.17) is 9.79 Å². The van der Waals surface area contributed by atoms with Crippen LogP contribution in [0.3, 0.4) is 0 Å². The van der Waals surface area contributed by atoms with Crippen molar-refractivity contribution in [2.75, 3.05) is 6.61 Å². The van der Waals surface area contributed by atoms with E-state index in [2.05, 4.69) is 4.52 Å². The Kier molecular flexibility index (Phi) is 4.93. The summed E-state index contributed by atoms with van der Waals surface area (Å²) in [6.07, 6.45) is 1.94. The first-order valence-electron chi connectivity index (χ1n) is 3.65. The van der Waals surface area contributed by atoms with Crippen LogP contribution in [-0.4, -0.2) is 16.4 Å². The standard InChI is InChI=1S/C6H15O4P/c1-3-4-6(2)5-10-11(7,8)9/h6H,3-5H2,1-2H3,(H2,7,8,9). The third kappa shape index (κ3) is 8.01. The first-order valence-corrected chi connectivity index (χ1v) is 5.19. The Labute approximate surface area is 66.8 Å². The summed E-state index contributed by atoms with van der Waals surface area (Å²) in [5, 5.41) is 0. The maximum absolute atomic E-state index is 10.2. The molecule has 0 spiro atoms. The lowest BCUT2D eigenvalue weighted by Gasteiger charge is -2.10. The molecule has 0 aliphatic rings. The number of phosphoric ester groups is 1. The highest BCUT2D eigenvalue weighted by Gasteiger charge is 2.14. The largest absolute Gasteiger partial charge is 0.469 e. The third-order valence-corrected chi connectivity index (χ3v) is 1.79. The zero-order chi connectivity index (χ0) is 8.91. The van der Waals surface area contributed by atoms with E-state index in [9.17, 15) is 4.57 Å². The van der Waals surface area contributed by atoms with Crippen LogP contribution >= 0.6 is 7.82 Å². The van der Waals surface area contributed by atoms with Crippen molar-refractivity contribution in [3.05, 3.63) is 0 Å². The van der Waals surface area contributed by atoms with Gasteiger partial charge in [-0.2, -0.15) is 0 Å². The van der Waals surface area contributed by atoms with Crippen LogP contribution in [0, 0.1) is 5.92 Å². The van der Waals surface area contributed by atoms with E-state index in [1.165, 1.54) is 0 Å². The minimum atomic E-state index is -4.24. The molecular formula is C6H15O4P. The Morgan fingerprint density at radius 1 is 1.55 bits per heavy atom. The molecule has 5 heteroatoms. The van der Waals surface area contributed by atoms with Gasteiger partial charge in [0, 0.05) is 0 Å². The lowest BCUT2D eigenvalue weighted by molar-refractivity contribution is 0.169. The lowest BCUT2D eigenvalue weighted by Crippen LogP contribution is -2.03. The van der Waals surface area contributed by atoms with Gasteiger partial charge in [-0.25, -0.2) is 4.57 Å². The third-order valence-electron chi connectivity index (χ3n) is 1.31. The second-order valence-electron chi connectivity index (χ2n) is 2.68.